The molecule has 0 bridgehead atoms. The van der Waals surface area contributed by atoms with Crippen LogP contribution in [0.25, 0.3) is 0 Å². The Bertz CT molecular complexity index is 1050. The molecule has 31 heavy (non-hydrogen) atoms. The predicted molar refractivity (Wildman–Crippen MR) is 111 cm³/mol. The van der Waals surface area contributed by atoms with Crippen LogP contribution in [0.1, 0.15) is 21.7 Å². The number of esters is 1. The van der Waals surface area contributed by atoms with Gasteiger partial charge < -0.3 is 19.8 Å². The van der Waals surface area contributed by atoms with Crippen LogP contribution >= 0.6 is 0 Å². The summed E-state index contributed by atoms with van der Waals surface area (Å²) in [6, 6.07) is 15.3. The van der Waals surface area contributed by atoms with Gasteiger partial charge >= 0.3 is 5.97 Å². The fourth-order valence-electron chi connectivity index (χ4n) is 2.79. The number of rotatable bonds is 8. The fourth-order valence-corrected chi connectivity index (χ4v) is 2.79. The molecule has 3 aromatic rings. The molecule has 2 aromatic carbocycles. The average molecular weight is 424 g/mol. The lowest BCUT2D eigenvalue weighted by atomic mass is 10.1. The average Bonchev–Trinajstić information content (AvgIpc) is 3.30. The maximum atomic E-state index is 13.6. The molecule has 0 saturated carbocycles. The Morgan fingerprint density at radius 1 is 1.06 bits per heavy atom. The van der Waals surface area contributed by atoms with Crippen molar-refractivity contribution in [2.24, 2.45) is 0 Å². The van der Waals surface area contributed by atoms with Crippen molar-refractivity contribution in [1.29, 1.82) is 0 Å². The van der Waals surface area contributed by atoms with E-state index >= 15 is 0 Å². The topological polar surface area (TPSA) is 97.6 Å². The van der Waals surface area contributed by atoms with Crippen molar-refractivity contribution >= 4 is 23.5 Å². The molecule has 1 heterocycles. The zero-order chi connectivity index (χ0) is 22.2. The van der Waals surface area contributed by atoms with Crippen molar-refractivity contribution in [1.82, 2.24) is 5.32 Å². The standard InChI is InChI=1S/C23H21FN2O5/c1-15-9-10-17(13-18(15)24)25-21(27)14-31-23(29)19(12-16-6-3-2-4-7-16)26-22(28)20-8-5-11-30-20/h2-11,13,19H,12,14H2,1H3,(H,25,27)(H,26,28). The summed E-state index contributed by atoms with van der Waals surface area (Å²) >= 11 is 0. The number of ether oxygens (including phenoxy) is 1. The van der Waals surface area contributed by atoms with Crippen molar-refractivity contribution < 1.29 is 27.9 Å². The van der Waals surface area contributed by atoms with Gasteiger partial charge in [0.25, 0.3) is 11.8 Å². The molecule has 0 spiro atoms. The molecule has 0 radical (unpaired) electrons. The molecule has 1 unspecified atom stereocenters. The Morgan fingerprint density at radius 2 is 1.84 bits per heavy atom. The van der Waals surface area contributed by atoms with E-state index in [4.69, 9.17) is 9.15 Å². The number of carbonyl (C=O) groups excluding carboxylic acids is 3. The van der Waals surface area contributed by atoms with E-state index in [1.54, 1.807) is 43.3 Å². The van der Waals surface area contributed by atoms with E-state index < -0.39 is 36.2 Å². The minimum absolute atomic E-state index is 0.0463. The van der Waals surface area contributed by atoms with Crippen molar-refractivity contribution in [2.45, 2.75) is 19.4 Å². The third-order valence-electron chi connectivity index (χ3n) is 4.42. The minimum Gasteiger partial charge on any atom is -0.459 e. The number of amides is 2. The molecule has 8 heteroatoms. The first-order chi connectivity index (χ1) is 14.9. The summed E-state index contributed by atoms with van der Waals surface area (Å²) in [5, 5.41) is 5.02. The molecule has 2 N–H and O–H groups in total. The molecule has 160 valence electrons. The second-order valence-electron chi connectivity index (χ2n) is 6.81. The van der Waals surface area contributed by atoms with Gasteiger partial charge in [-0.15, -0.1) is 0 Å². The molecule has 2 amide bonds. The van der Waals surface area contributed by atoms with Crippen LogP contribution in [-0.4, -0.2) is 30.4 Å². The summed E-state index contributed by atoms with van der Waals surface area (Å²) in [5.74, 6) is -2.41. The fraction of sp³-hybridized carbons (Fsp3) is 0.174. The molecule has 0 fully saturated rings. The molecule has 0 aliphatic heterocycles. The van der Waals surface area contributed by atoms with Gasteiger partial charge in [-0.25, -0.2) is 9.18 Å². The number of furan rings is 1. The summed E-state index contributed by atoms with van der Waals surface area (Å²) < 4.78 is 23.8. The lowest BCUT2D eigenvalue weighted by Gasteiger charge is -2.17. The molecule has 0 saturated heterocycles. The van der Waals surface area contributed by atoms with Gasteiger partial charge in [0.05, 0.1) is 6.26 Å². The van der Waals surface area contributed by atoms with E-state index in [9.17, 15) is 18.8 Å². The number of nitrogens with one attached hydrogen (secondary N) is 2. The first kappa shape index (κ1) is 21.8. The van der Waals surface area contributed by atoms with Crippen LogP contribution < -0.4 is 10.6 Å². The smallest absolute Gasteiger partial charge is 0.329 e. The van der Waals surface area contributed by atoms with Crippen LogP contribution in [0, 0.1) is 12.7 Å². The monoisotopic (exact) mass is 424 g/mol. The molecular formula is C23H21FN2O5. The SMILES string of the molecule is Cc1ccc(NC(=O)COC(=O)C(Cc2ccccc2)NC(=O)c2ccco2)cc1F. The molecule has 3 rings (SSSR count). The first-order valence-corrected chi connectivity index (χ1v) is 9.53. The molecule has 7 nitrogen and oxygen atoms in total. The highest BCUT2D eigenvalue weighted by atomic mass is 19.1. The maximum Gasteiger partial charge on any atom is 0.329 e. The third kappa shape index (κ3) is 6.27. The summed E-state index contributed by atoms with van der Waals surface area (Å²) in [7, 11) is 0. The number of halogens is 1. The Morgan fingerprint density at radius 3 is 2.52 bits per heavy atom. The van der Waals surface area contributed by atoms with Gasteiger partial charge in [0.2, 0.25) is 0 Å². The summed E-state index contributed by atoms with van der Waals surface area (Å²) in [6.07, 6.45) is 1.51. The molecule has 0 aliphatic rings. The van der Waals surface area contributed by atoms with Gasteiger partial charge in [0.1, 0.15) is 11.9 Å². The van der Waals surface area contributed by atoms with E-state index in [0.717, 1.165) is 5.56 Å². The van der Waals surface area contributed by atoms with E-state index in [2.05, 4.69) is 10.6 Å². The Kier molecular flexibility index (Phi) is 7.16. The van der Waals surface area contributed by atoms with Crippen molar-refractivity contribution in [3.8, 4) is 0 Å². The lowest BCUT2D eigenvalue weighted by molar-refractivity contribution is -0.149. The number of hydrogen-bond donors (Lipinski definition) is 2. The van der Waals surface area contributed by atoms with Crippen LogP contribution in [0.5, 0.6) is 0 Å². The number of anilines is 1. The third-order valence-corrected chi connectivity index (χ3v) is 4.42. The van der Waals surface area contributed by atoms with E-state index in [1.165, 1.54) is 24.5 Å². The zero-order valence-corrected chi connectivity index (χ0v) is 16.8. The zero-order valence-electron chi connectivity index (χ0n) is 16.8. The normalized spacial score (nSPS) is 11.4. The summed E-state index contributed by atoms with van der Waals surface area (Å²) in [5.41, 5.74) is 1.49. The highest BCUT2D eigenvalue weighted by Gasteiger charge is 2.25. The molecule has 1 aromatic heterocycles. The largest absolute Gasteiger partial charge is 0.459 e. The van der Waals surface area contributed by atoms with Crippen molar-refractivity contribution in [3.63, 3.8) is 0 Å². The van der Waals surface area contributed by atoms with E-state index in [0.29, 0.717) is 5.56 Å². The number of aryl methyl sites for hydroxylation is 1. The summed E-state index contributed by atoms with van der Waals surface area (Å²) in [4.78, 5) is 37.0. The van der Waals surface area contributed by atoms with Crippen LogP contribution in [0.3, 0.4) is 0 Å². The summed E-state index contributed by atoms with van der Waals surface area (Å²) in [6.45, 7) is 1.02. The van der Waals surface area contributed by atoms with Crippen LogP contribution in [0.15, 0.2) is 71.3 Å². The Hall–Kier alpha value is -3.94. The highest BCUT2D eigenvalue weighted by Crippen LogP contribution is 2.13. The molecular weight excluding hydrogens is 403 g/mol. The Balaban J connectivity index is 1.62. The van der Waals surface area contributed by atoms with Crippen molar-refractivity contribution in [2.75, 3.05) is 11.9 Å². The van der Waals surface area contributed by atoms with Crippen molar-refractivity contribution in [3.05, 3.63) is 89.6 Å². The van der Waals surface area contributed by atoms with Gasteiger partial charge in [0, 0.05) is 12.1 Å². The van der Waals surface area contributed by atoms with Gasteiger partial charge in [0.15, 0.2) is 12.4 Å². The second kappa shape index (κ2) is 10.2. The van der Waals surface area contributed by atoms with Gasteiger partial charge in [-0.2, -0.15) is 0 Å². The van der Waals surface area contributed by atoms with Gasteiger partial charge in [-0.1, -0.05) is 36.4 Å². The molecule has 0 aliphatic carbocycles. The van der Waals surface area contributed by atoms with Crippen LogP contribution in [-0.2, 0) is 20.7 Å². The first-order valence-electron chi connectivity index (χ1n) is 9.53. The minimum atomic E-state index is -1.04. The maximum absolute atomic E-state index is 13.6. The Labute approximate surface area is 178 Å². The molecule has 1 atom stereocenters. The second-order valence-corrected chi connectivity index (χ2v) is 6.81. The van der Waals surface area contributed by atoms with Gasteiger partial charge in [-0.3, -0.25) is 9.59 Å². The highest BCUT2D eigenvalue weighted by molar-refractivity contribution is 5.96. The van der Waals surface area contributed by atoms with E-state index in [1.807, 2.05) is 6.07 Å². The van der Waals surface area contributed by atoms with Gasteiger partial charge in [-0.05, 0) is 42.3 Å². The predicted octanol–water partition coefficient (Wildman–Crippen LogP) is 3.25. The number of benzene rings is 2. The number of carbonyl (C=O) groups is 3. The van der Waals surface area contributed by atoms with Crippen LogP contribution in [0.2, 0.25) is 0 Å². The van der Waals surface area contributed by atoms with E-state index in [-0.39, 0.29) is 17.9 Å². The number of hydrogen-bond acceptors (Lipinski definition) is 5. The van der Waals surface area contributed by atoms with Crippen LogP contribution in [0.4, 0.5) is 10.1 Å². The lowest BCUT2D eigenvalue weighted by Crippen LogP contribution is -2.44. The quantitative estimate of drug-likeness (QED) is 0.541.